The Balaban J connectivity index is 1.13. The fraction of sp³-hybridized carbons (Fsp3) is 0.375. The second kappa shape index (κ2) is 12.5. The first-order valence-electron chi connectivity index (χ1n) is 14.0. The van der Waals surface area contributed by atoms with Crippen LogP contribution in [0.4, 0.5) is 5.69 Å². The SMILES string of the molecule is CC(C)c1cn2ccccc2c1S(=O)(=O)c1ccc(OCCCN(C)Cc2ccc(N3CCOCC3)cc2)cc1. The molecule has 0 bridgehead atoms. The molecule has 0 aliphatic carbocycles. The molecule has 1 aliphatic rings. The van der Waals surface area contributed by atoms with E-state index in [0.717, 1.165) is 51.4 Å². The Labute approximate surface area is 237 Å². The van der Waals surface area contributed by atoms with Crippen LogP contribution in [0.2, 0.25) is 0 Å². The third-order valence-electron chi connectivity index (χ3n) is 7.41. The Morgan fingerprint density at radius 2 is 1.70 bits per heavy atom. The van der Waals surface area contributed by atoms with Crippen LogP contribution in [0.3, 0.4) is 0 Å². The number of hydrogen-bond donors (Lipinski definition) is 0. The summed E-state index contributed by atoms with van der Waals surface area (Å²) in [7, 11) is -1.56. The summed E-state index contributed by atoms with van der Waals surface area (Å²) in [4.78, 5) is 5.31. The molecule has 5 rings (SSSR count). The zero-order valence-corrected chi connectivity index (χ0v) is 24.4. The van der Waals surface area contributed by atoms with E-state index in [0.29, 0.717) is 22.8 Å². The predicted molar refractivity (Wildman–Crippen MR) is 159 cm³/mol. The van der Waals surface area contributed by atoms with Gasteiger partial charge in [-0.05, 0) is 79.0 Å². The molecule has 40 heavy (non-hydrogen) atoms. The third kappa shape index (κ3) is 6.35. The minimum absolute atomic E-state index is 0.0832. The minimum Gasteiger partial charge on any atom is -0.494 e. The largest absolute Gasteiger partial charge is 0.494 e. The van der Waals surface area contributed by atoms with Gasteiger partial charge in [0.25, 0.3) is 0 Å². The molecule has 3 heterocycles. The fourth-order valence-corrected chi connectivity index (χ4v) is 6.98. The first-order chi connectivity index (χ1) is 19.3. The quantitative estimate of drug-likeness (QED) is 0.221. The van der Waals surface area contributed by atoms with E-state index >= 15 is 0 Å². The van der Waals surface area contributed by atoms with Crippen LogP contribution in [-0.4, -0.2) is 64.2 Å². The van der Waals surface area contributed by atoms with Crippen molar-refractivity contribution < 1.29 is 17.9 Å². The number of rotatable bonds is 11. The second-order valence-electron chi connectivity index (χ2n) is 10.7. The minimum atomic E-state index is -3.68. The van der Waals surface area contributed by atoms with E-state index < -0.39 is 9.84 Å². The lowest BCUT2D eigenvalue weighted by Gasteiger charge is -2.29. The monoisotopic (exact) mass is 561 g/mol. The molecule has 0 atom stereocenters. The molecule has 1 saturated heterocycles. The van der Waals surface area contributed by atoms with E-state index in [1.165, 1.54) is 11.3 Å². The third-order valence-corrected chi connectivity index (χ3v) is 9.28. The molecular formula is C32H39N3O4S. The lowest BCUT2D eigenvalue weighted by molar-refractivity contribution is 0.122. The van der Waals surface area contributed by atoms with Gasteiger partial charge in [0.15, 0.2) is 0 Å². The van der Waals surface area contributed by atoms with Crippen LogP contribution in [0.5, 0.6) is 5.75 Å². The maximum absolute atomic E-state index is 13.7. The zero-order valence-electron chi connectivity index (χ0n) is 23.6. The molecule has 1 fully saturated rings. The van der Waals surface area contributed by atoms with E-state index in [1.807, 2.05) is 48.8 Å². The first kappa shape index (κ1) is 28.2. The average molecular weight is 562 g/mol. The molecule has 0 saturated carbocycles. The van der Waals surface area contributed by atoms with E-state index in [2.05, 4.69) is 41.1 Å². The molecule has 0 amide bonds. The topological polar surface area (TPSA) is 63.5 Å². The highest BCUT2D eigenvalue weighted by atomic mass is 32.2. The van der Waals surface area contributed by atoms with Gasteiger partial charge in [0, 0.05) is 44.3 Å². The number of aromatic nitrogens is 1. The second-order valence-corrected chi connectivity index (χ2v) is 12.6. The number of sulfone groups is 1. The van der Waals surface area contributed by atoms with Crippen LogP contribution in [0.15, 0.2) is 88.9 Å². The maximum atomic E-state index is 13.7. The van der Waals surface area contributed by atoms with Crippen molar-refractivity contribution in [3.63, 3.8) is 0 Å². The van der Waals surface area contributed by atoms with Crippen molar-refractivity contribution in [2.75, 3.05) is 51.4 Å². The number of benzene rings is 2. The smallest absolute Gasteiger partial charge is 0.209 e. The van der Waals surface area contributed by atoms with Crippen molar-refractivity contribution in [1.82, 2.24) is 9.30 Å². The van der Waals surface area contributed by atoms with Gasteiger partial charge in [-0.15, -0.1) is 0 Å². The van der Waals surface area contributed by atoms with Crippen molar-refractivity contribution in [3.05, 3.63) is 90.3 Å². The number of pyridine rings is 1. The summed E-state index contributed by atoms with van der Waals surface area (Å²) in [6.07, 6.45) is 4.68. The number of fused-ring (bicyclic) bond motifs is 1. The normalized spacial score (nSPS) is 14.4. The summed E-state index contributed by atoms with van der Waals surface area (Å²) < 4.78 is 40.6. The molecule has 0 unspecified atom stereocenters. The van der Waals surface area contributed by atoms with Gasteiger partial charge in [-0.25, -0.2) is 8.42 Å². The highest BCUT2D eigenvalue weighted by Crippen LogP contribution is 2.34. The molecule has 2 aromatic carbocycles. The molecule has 4 aromatic rings. The summed E-state index contributed by atoms with van der Waals surface area (Å²) in [5.74, 6) is 0.756. The van der Waals surface area contributed by atoms with Gasteiger partial charge >= 0.3 is 0 Å². The van der Waals surface area contributed by atoms with Gasteiger partial charge in [-0.3, -0.25) is 0 Å². The summed E-state index contributed by atoms with van der Waals surface area (Å²) in [6, 6.07) is 21.2. The Kier molecular flexibility index (Phi) is 8.78. The van der Waals surface area contributed by atoms with Crippen molar-refractivity contribution in [2.45, 2.75) is 42.5 Å². The molecular weight excluding hydrogens is 522 g/mol. The first-order valence-corrected chi connectivity index (χ1v) is 15.5. The zero-order chi connectivity index (χ0) is 28.1. The molecule has 212 valence electrons. The lowest BCUT2D eigenvalue weighted by atomic mass is 10.1. The van der Waals surface area contributed by atoms with Crippen molar-refractivity contribution in [2.24, 2.45) is 0 Å². The summed E-state index contributed by atoms with van der Waals surface area (Å²) in [5.41, 5.74) is 4.06. The van der Waals surface area contributed by atoms with Gasteiger partial charge in [-0.2, -0.15) is 0 Å². The molecule has 1 aliphatic heterocycles. The van der Waals surface area contributed by atoms with Gasteiger partial charge in [0.1, 0.15) is 10.6 Å². The molecule has 8 heteroatoms. The average Bonchev–Trinajstić information content (AvgIpc) is 3.38. The molecule has 0 radical (unpaired) electrons. The van der Waals surface area contributed by atoms with Gasteiger partial charge in [0.05, 0.1) is 30.2 Å². The summed E-state index contributed by atoms with van der Waals surface area (Å²) in [6.45, 7) is 9.85. The number of nitrogens with zero attached hydrogens (tertiary/aromatic N) is 3. The Morgan fingerprint density at radius 3 is 2.40 bits per heavy atom. The van der Waals surface area contributed by atoms with Crippen LogP contribution in [0, 0.1) is 0 Å². The molecule has 0 N–H and O–H groups in total. The van der Waals surface area contributed by atoms with Crippen molar-refractivity contribution in [1.29, 1.82) is 0 Å². The fourth-order valence-electron chi connectivity index (χ4n) is 5.20. The van der Waals surface area contributed by atoms with E-state index in [1.54, 1.807) is 24.3 Å². The predicted octanol–water partition coefficient (Wildman–Crippen LogP) is 5.63. The van der Waals surface area contributed by atoms with Crippen LogP contribution in [0.25, 0.3) is 5.52 Å². The van der Waals surface area contributed by atoms with Crippen LogP contribution in [-0.2, 0) is 21.1 Å². The van der Waals surface area contributed by atoms with Gasteiger partial charge in [-0.1, -0.05) is 32.0 Å². The highest BCUT2D eigenvalue weighted by Gasteiger charge is 2.27. The standard InChI is InChI=1S/C32H39N3O4S/c1-25(2)30-24-35-17-5-4-7-31(35)32(30)40(36,37)29-14-12-28(13-15-29)39-20-6-16-33(3)23-26-8-10-27(11-9-26)34-18-21-38-22-19-34/h4-5,7-15,17,24-25H,6,16,18-23H2,1-3H3. The molecule has 2 aromatic heterocycles. The van der Waals surface area contributed by atoms with E-state index in [9.17, 15) is 8.42 Å². The van der Waals surface area contributed by atoms with Crippen molar-refractivity contribution >= 4 is 21.0 Å². The van der Waals surface area contributed by atoms with E-state index in [4.69, 9.17) is 9.47 Å². The number of morpholine rings is 1. The highest BCUT2D eigenvalue weighted by molar-refractivity contribution is 7.91. The molecule has 7 nitrogen and oxygen atoms in total. The Morgan fingerprint density at radius 1 is 0.975 bits per heavy atom. The van der Waals surface area contributed by atoms with Crippen LogP contribution >= 0.6 is 0 Å². The number of anilines is 1. The van der Waals surface area contributed by atoms with Crippen molar-refractivity contribution in [3.8, 4) is 5.75 Å². The Bertz CT molecular complexity index is 1510. The summed E-state index contributed by atoms with van der Waals surface area (Å²) >= 11 is 0. The van der Waals surface area contributed by atoms with E-state index in [-0.39, 0.29) is 10.8 Å². The summed E-state index contributed by atoms with van der Waals surface area (Å²) in [5, 5.41) is 0. The van der Waals surface area contributed by atoms with Crippen LogP contribution in [0.1, 0.15) is 37.3 Å². The maximum Gasteiger partial charge on any atom is 0.209 e. The molecule has 0 spiro atoms. The van der Waals surface area contributed by atoms with Gasteiger partial charge in [0.2, 0.25) is 9.84 Å². The van der Waals surface area contributed by atoms with Crippen LogP contribution < -0.4 is 9.64 Å². The lowest BCUT2D eigenvalue weighted by Crippen LogP contribution is -2.36. The number of hydrogen-bond acceptors (Lipinski definition) is 6. The number of ether oxygens (including phenoxy) is 2. The Hall–Kier alpha value is -3.33. The van der Waals surface area contributed by atoms with Gasteiger partial charge < -0.3 is 23.7 Å².